The second kappa shape index (κ2) is 5.94. The molecule has 1 aromatic rings. The van der Waals surface area contributed by atoms with E-state index in [1.807, 2.05) is 45.2 Å². The first-order valence-electron chi connectivity index (χ1n) is 6.89. The van der Waals surface area contributed by atoms with Gasteiger partial charge in [0.2, 0.25) is 11.3 Å². The molecule has 108 valence electrons. The lowest BCUT2D eigenvalue weighted by atomic mass is 10.1. The van der Waals surface area contributed by atoms with Gasteiger partial charge in [0, 0.05) is 18.4 Å². The molecule has 0 radical (unpaired) electrons. The Balaban J connectivity index is 1.64. The van der Waals surface area contributed by atoms with Crippen molar-refractivity contribution in [2.75, 3.05) is 0 Å². The van der Waals surface area contributed by atoms with E-state index in [4.69, 9.17) is 0 Å². The molecule has 0 atom stereocenters. The summed E-state index contributed by atoms with van der Waals surface area (Å²) in [6, 6.07) is 0.389. The van der Waals surface area contributed by atoms with Gasteiger partial charge in [-0.2, -0.15) is 0 Å². The number of hydrogen-bond acceptors (Lipinski definition) is 2. The minimum absolute atomic E-state index is 0.0386. The molecular weight excluding hydrogens is 482 g/mol. The minimum Gasteiger partial charge on any atom is -0.351 e. The summed E-state index contributed by atoms with van der Waals surface area (Å²) in [4.78, 5) is 23.8. The molecule has 2 saturated carbocycles. The van der Waals surface area contributed by atoms with Gasteiger partial charge in [-0.15, -0.1) is 0 Å². The Hall–Kier alpha value is -0.120. The van der Waals surface area contributed by atoms with Crippen molar-refractivity contribution in [3.63, 3.8) is 0 Å². The van der Waals surface area contributed by atoms with Crippen LogP contribution in [0, 0.1) is 19.0 Å². The van der Waals surface area contributed by atoms with Crippen molar-refractivity contribution in [2.45, 2.75) is 38.3 Å². The van der Waals surface area contributed by atoms with E-state index in [-0.39, 0.29) is 11.3 Å². The first-order valence-corrected chi connectivity index (χ1v) is 9.05. The highest BCUT2D eigenvalue weighted by atomic mass is 127. The van der Waals surface area contributed by atoms with E-state index in [1.54, 1.807) is 17.0 Å². The van der Waals surface area contributed by atoms with Crippen molar-refractivity contribution in [1.82, 2.24) is 9.88 Å². The van der Waals surface area contributed by atoms with Crippen LogP contribution in [0.5, 0.6) is 0 Å². The summed E-state index contributed by atoms with van der Waals surface area (Å²) in [6.07, 6.45) is 8.52. The minimum atomic E-state index is 0.0386. The fourth-order valence-corrected chi connectivity index (χ4v) is 4.39. The van der Waals surface area contributed by atoms with E-state index in [0.717, 1.165) is 0 Å². The molecule has 1 N–H and O–H groups in total. The van der Waals surface area contributed by atoms with Gasteiger partial charge < -0.3 is 9.88 Å². The molecule has 6 heteroatoms. The summed E-state index contributed by atoms with van der Waals surface area (Å²) in [6.45, 7) is 0.294. The van der Waals surface area contributed by atoms with Crippen LogP contribution in [0.1, 0.15) is 25.7 Å². The molecule has 1 aromatic heterocycles. The number of rotatable bonds is 5. The third-order valence-electron chi connectivity index (χ3n) is 3.91. The Bertz CT molecular complexity index is 553. The maximum atomic E-state index is 12.2. The van der Waals surface area contributed by atoms with E-state index >= 15 is 0 Å². The Morgan fingerprint density at radius 1 is 1.20 bits per heavy atom. The van der Waals surface area contributed by atoms with Crippen LogP contribution in [0.3, 0.4) is 0 Å². The summed E-state index contributed by atoms with van der Waals surface area (Å²) in [5.74, 6) is 1.48. The highest BCUT2D eigenvalue weighted by Crippen LogP contribution is 2.44. The van der Waals surface area contributed by atoms with E-state index in [1.165, 1.54) is 25.7 Å². The quantitative estimate of drug-likeness (QED) is 0.635. The van der Waals surface area contributed by atoms with Crippen molar-refractivity contribution < 1.29 is 4.79 Å². The fourth-order valence-electron chi connectivity index (χ4n) is 2.58. The lowest BCUT2D eigenvalue weighted by Crippen LogP contribution is -2.40. The molecule has 0 aliphatic heterocycles. The van der Waals surface area contributed by atoms with Crippen molar-refractivity contribution in [3.8, 4) is 0 Å². The number of nitrogens with zero attached hydrogens (tertiary/aromatic N) is 1. The topological polar surface area (TPSA) is 51.1 Å². The Labute approximate surface area is 145 Å². The van der Waals surface area contributed by atoms with Gasteiger partial charge in [-0.3, -0.25) is 9.59 Å². The number of hydrogen-bond donors (Lipinski definition) is 1. The number of carbonyl (C=O) groups is 1. The van der Waals surface area contributed by atoms with Gasteiger partial charge in [-0.25, -0.2) is 0 Å². The molecule has 4 nitrogen and oxygen atoms in total. The normalized spacial score (nSPS) is 18.4. The van der Waals surface area contributed by atoms with E-state index in [0.29, 0.717) is 31.6 Å². The molecule has 1 amide bonds. The van der Waals surface area contributed by atoms with Crippen LogP contribution in [0.25, 0.3) is 0 Å². The molecule has 2 aliphatic carbocycles. The molecule has 2 aliphatic rings. The van der Waals surface area contributed by atoms with Gasteiger partial charge in [0.1, 0.15) is 6.54 Å². The first-order chi connectivity index (χ1) is 9.54. The van der Waals surface area contributed by atoms with Crippen LogP contribution in [-0.2, 0) is 11.3 Å². The second-order valence-corrected chi connectivity index (χ2v) is 8.05. The van der Waals surface area contributed by atoms with Gasteiger partial charge in [0.25, 0.3) is 0 Å². The number of pyridine rings is 1. The molecule has 2 fully saturated rings. The van der Waals surface area contributed by atoms with Crippen LogP contribution in [0.2, 0.25) is 0 Å². The lowest BCUT2D eigenvalue weighted by Gasteiger charge is -2.18. The van der Waals surface area contributed by atoms with E-state index in [2.05, 4.69) is 5.32 Å². The van der Waals surface area contributed by atoms with Gasteiger partial charge in [-0.05, 0) is 82.7 Å². The maximum absolute atomic E-state index is 12.2. The summed E-state index contributed by atoms with van der Waals surface area (Å²) in [5, 5.41) is 3.20. The summed E-state index contributed by atoms with van der Waals surface area (Å²) in [7, 11) is 0. The molecule has 1 heterocycles. The average Bonchev–Trinajstić information content (AvgIpc) is 3.26. The molecule has 0 bridgehead atoms. The third-order valence-corrected chi connectivity index (χ3v) is 5.44. The molecule has 0 unspecified atom stereocenters. The van der Waals surface area contributed by atoms with E-state index < -0.39 is 0 Å². The van der Waals surface area contributed by atoms with Gasteiger partial charge >= 0.3 is 0 Å². The van der Waals surface area contributed by atoms with Gasteiger partial charge in [-0.1, -0.05) is 0 Å². The van der Waals surface area contributed by atoms with Crippen LogP contribution < -0.4 is 10.7 Å². The Morgan fingerprint density at radius 3 is 2.15 bits per heavy atom. The van der Waals surface area contributed by atoms with Crippen molar-refractivity contribution in [2.24, 2.45) is 11.8 Å². The fraction of sp³-hybridized carbons (Fsp3) is 0.571. The van der Waals surface area contributed by atoms with Crippen LogP contribution in [0.4, 0.5) is 0 Å². The molecule has 3 rings (SSSR count). The summed E-state index contributed by atoms with van der Waals surface area (Å²) < 4.78 is 3.11. The third kappa shape index (κ3) is 3.55. The summed E-state index contributed by atoms with van der Waals surface area (Å²) in [5.41, 5.74) is 0.0386. The molecular formula is C14H16I2N2O2. The molecule has 20 heavy (non-hydrogen) atoms. The monoisotopic (exact) mass is 498 g/mol. The van der Waals surface area contributed by atoms with Gasteiger partial charge in [0.05, 0.1) is 7.14 Å². The van der Waals surface area contributed by atoms with Crippen LogP contribution in [0.15, 0.2) is 17.2 Å². The standard InChI is InChI=1S/C14H16I2N2O2/c15-10-5-18(6-11(16)14(10)20)7-12(19)17-13(8-1-2-8)9-3-4-9/h5-6,8-9,13H,1-4,7H2,(H,17,19). The highest BCUT2D eigenvalue weighted by molar-refractivity contribution is 14.1. The Morgan fingerprint density at radius 2 is 1.70 bits per heavy atom. The average molecular weight is 498 g/mol. The zero-order chi connectivity index (χ0) is 14.3. The smallest absolute Gasteiger partial charge is 0.240 e. The van der Waals surface area contributed by atoms with E-state index in [9.17, 15) is 9.59 Å². The van der Waals surface area contributed by atoms with Crippen molar-refractivity contribution in [3.05, 3.63) is 29.8 Å². The molecule has 0 spiro atoms. The maximum Gasteiger partial charge on any atom is 0.240 e. The number of amides is 1. The Kier molecular flexibility index (Phi) is 4.40. The highest BCUT2D eigenvalue weighted by Gasteiger charge is 2.42. The summed E-state index contributed by atoms with van der Waals surface area (Å²) >= 11 is 4.04. The zero-order valence-electron chi connectivity index (χ0n) is 10.9. The first kappa shape index (κ1) is 14.8. The SMILES string of the molecule is O=C(Cn1cc(I)c(=O)c(I)c1)NC(C1CC1)C1CC1. The number of aromatic nitrogens is 1. The van der Waals surface area contributed by atoms with Crippen molar-refractivity contribution in [1.29, 1.82) is 0 Å². The molecule has 0 aromatic carbocycles. The van der Waals surface area contributed by atoms with Crippen LogP contribution in [-0.4, -0.2) is 16.5 Å². The predicted octanol–water partition coefficient (Wildman–Crippen LogP) is 2.36. The van der Waals surface area contributed by atoms with Gasteiger partial charge in [0.15, 0.2) is 0 Å². The molecule has 0 saturated heterocycles. The zero-order valence-corrected chi connectivity index (χ0v) is 15.3. The number of nitrogens with one attached hydrogen (secondary N) is 1. The second-order valence-electron chi connectivity index (χ2n) is 5.72. The number of halogens is 2. The lowest BCUT2D eigenvalue weighted by molar-refractivity contribution is -0.122. The van der Waals surface area contributed by atoms with Crippen molar-refractivity contribution >= 4 is 51.1 Å². The predicted molar refractivity (Wildman–Crippen MR) is 93.5 cm³/mol. The van der Waals surface area contributed by atoms with Crippen LogP contribution >= 0.6 is 45.2 Å². The largest absolute Gasteiger partial charge is 0.351 e. The number of carbonyl (C=O) groups excluding carboxylic acids is 1.